The van der Waals surface area contributed by atoms with Crippen LogP contribution in [-0.2, 0) is 5.41 Å². The number of fused-ring (bicyclic) bond motifs is 1. The minimum atomic E-state index is -0.503. The molecule has 0 saturated heterocycles. The highest BCUT2D eigenvalue weighted by Gasteiger charge is 2.26. The number of hydrogen-bond acceptors (Lipinski definition) is 2. The maximum absolute atomic E-state index is 9.16. The quantitative estimate of drug-likeness (QED) is 0.767. The average molecular weight is 199 g/mol. The number of H-pyrrole nitrogens is 1. The SMILES string of the molecule is Cc1[nH]c2cccnc2c1C(C)(C)C#N. The van der Waals surface area contributed by atoms with Gasteiger partial charge >= 0.3 is 0 Å². The van der Waals surface area contributed by atoms with Gasteiger partial charge in [0.25, 0.3) is 0 Å². The predicted molar refractivity (Wildman–Crippen MR) is 59.5 cm³/mol. The maximum atomic E-state index is 9.16. The van der Waals surface area contributed by atoms with Gasteiger partial charge in [-0.1, -0.05) is 0 Å². The summed E-state index contributed by atoms with van der Waals surface area (Å²) in [5, 5.41) is 9.16. The van der Waals surface area contributed by atoms with Gasteiger partial charge in [0, 0.05) is 17.5 Å². The van der Waals surface area contributed by atoms with Crippen LogP contribution in [-0.4, -0.2) is 9.97 Å². The fraction of sp³-hybridized carbons (Fsp3) is 0.333. The summed E-state index contributed by atoms with van der Waals surface area (Å²) in [5.41, 5.74) is 3.42. The first-order valence-electron chi connectivity index (χ1n) is 4.91. The molecule has 0 aliphatic carbocycles. The second kappa shape index (κ2) is 3.09. The van der Waals surface area contributed by atoms with Crippen molar-refractivity contribution < 1.29 is 0 Å². The van der Waals surface area contributed by atoms with Crippen molar-refractivity contribution in [2.24, 2.45) is 0 Å². The second-order valence-corrected chi connectivity index (χ2v) is 4.26. The Morgan fingerprint density at radius 1 is 1.47 bits per heavy atom. The van der Waals surface area contributed by atoms with Gasteiger partial charge in [-0.25, -0.2) is 0 Å². The van der Waals surface area contributed by atoms with E-state index in [2.05, 4.69) is 16.0 Å². The third-order valence-electron chi connectivity index (χ3n) is 2.65. The third kappa shape index (κ3) is 1.39. The van der Waals surface area contributed by atoms with E-state index in [9.17, 15) is 0 Å². The Balaban J connectivity index is 2.82. The van der Waals surface area contributed by atoms with Gasteiger partial charge in [-0.15, -0.1) is 0 Å². The van der Waals surface area contributed by atoms with E-state index in [1.165, 1.54) is 0 Å². The summed E-state index contributed by atoms with van der Waals surface area (Å²) in [7, 11) is 0. The Morgan fingerprint density at radius 2 is 2.20 bits per heavy atom. The van der Waals surface area contributed by atoms with Crippen LogP contribution in [0.15, 0.2) is 18.3 Å². The Labute approximate surface area is 88.8 Å². The molecule has 0 fully saturated rings. The lowest BCUT2D eigenvalue weighted by atomic mass is 9.85. The molecule has 1 N–H and O–H groups in total. The summed E-state index contributed by atoms with van der Waals surface area (Å²) in [6.07, 6.45) is 1.76. The maximum Gasteiger partial charge on any atom is 0.0929 e. The molecule has 0 aliphatic rings. The van der Waals surface area contributed by atoms with Crippen molar-refractivity contribution in [3.05, 3.63) is 29.6 Å². The Hall–Kier alpha value is -1.82. The molecular formula is C12H13N3. The standard InChI is InChI=1S/C12H13N3/c1-8-10(12(2,3)7-13)11-9(15-8)5-4-6-14-11/h4-6,15H,1-3H3. The van der Waals surface area contributed by atoms with E-state index < -0.39 is 5.41 Å². The molecule has 0 radical (unpaired) electrons. The highest BCUT2D eigenvalue weighted by Crippen LogP contribution is 2.31. The van der Waals surface area contributed by atoms with Crippen LogP contribution in [0.4, 0.5) is 0 Å². The zero-order valence-electron chi connectivity index (χ0n) is 9.13. The van der Waals surface area contributed by atoms with E-state index in [0.717, 1.165) is 22.3 Å². The number of hydrogen-bond donors (Lipinski definition) is 1. The van der Waals surface area contributed by atoms with Gasteiger partial charge in [-0.2, -0.15) is 5.26 Å². The molecule has 2 heterocycles. The van der Waals surface area contributed by atoms with Crippen molar-refractivity contribution in [1.82, 2.24) is 9.97 Å². The number of aryl methyl sites for hydroxylation is 1. The van der Waals surface area contributed by atoms with E-state index in [1.807, 2.05) is 32.9 Å². The van der Waals surface area contributed by atoms with Crippen molar-refractivity contribution in [2.75, 3.05) is 0 Å². The summed E-state index contributed by atoms with van der Waals surface area (Å²) < 4.78 is 0. The first-order chi connectivity index (χ1) is 7.06. The molecule has 2 rings (SSSR count). The lowest BCUT2D eigenvalue weighted by Crippen LogP contribution is -2.15. The lowest BCUT2D eigenvalue weighted by molar-refractivity contribution is 0.686. The molecule has 0 unspecified atom stereocenters. The normalized spacial score (nSPS) is 11.6. The van der Waals surface area contributed by atoms with Gasteiger partial charge in [0.05, 0.1) is 22.5 Å². The number of nitrogens with zero attached hydrogens (tertiary/aromatic N) is 2. The fourth-order valence-corrected chi connectivity index (χ4v) is 1.97. The van der Waals surface area contributed by atoms with E-state index >= 15 is 0 Å². The molecule has 0 aromatic carbocycles. The van der Waals surface area contributed by atoms with E-state index in [-0.39, 0.29) is 0 Å². The zero-order chi connectivity index (χ0) is 11.1. The molecule has 15 heavy (non-hydrogen) atoms. The summed E-state index contributed by atoms with van der Waals surface area (Å²) in [5.74, 6) is 0. The lowest BCUT2D eigenvalue weighted by Gasteiger charge is -2.15. The average Bonchev–Trinajstić information content (AvgIpc) is 2.54. The van der Waals surface area contributed by atoms with Crippen LogP contribution in [0.5, 0.6) is 0 Å². The summed E-state index contributed by atoms with van der Waals surface area (Å²) in [6.45, 7) is 5.81. The van der Waals surface area contributed by atoms with Crippen molar-refractivity contribution >= 4 is 11.0 Å². The van der Waals surface area contributed by atoms with Crippen LogP contribution in [0.1, 0.15) is 25.1 Å². The fourth-order valence-electron chi connectivity index (χ4n) is 1.97. The molecule has 3 heteroatoms. The van der Waals surface area contributed by atoms with Gasteiger partial charge in [0.2, 0.25) is 0 Å². The van der Waals surface area contributed by atoms with Gasteiger partial charge < -0.3 is 4.98 Å². The number of pyridine rings is 1. The minimum Gasteiger partial charge on any atom is -0.357 e. The Kier molecular flexibility index (Phi) is 2.01. The van der Waals surface area contributed by atoms with Crippen LogP contribution in [0.2, 0.25) is 0 Å². The summed E-state index contributed by atoms with van der Waals surface area (Å²) >= 11 is 0. The summed E-state index contributed by atoms with van der Waals surface area (Å²) in [4.78, 5) is 7.59. The van der Waals surface area contributed by atoms with Crippen LogP contribution < -0.4 is 0 Å². The van der Waals surface area contributed by atoms with Gasteiger partial charge in [0.15, 0.2) is 0 Å². The van der Waals surface area contributed by atoms with Crippen molar-refractivity contribution in [1.29, 1.82) is 5.26 Å². The molecule has 3 nitrogen and oxygen atoms in total. The number of nitrogens with one attached hydrogen (secondary N) is 1. The van der Waals surface area contributed by atoms with Crippen molar-refractivity contribution in [3.8, 4) is 6.07 Å². The van der Waals surface area contributed by atoms with Gasteiger partial charge in [0.1, 0.15) is 0 Å². The molecule has 0 amide bonds. The predicted octanol–water partition coefficient (Wildman–Crippen LogP) is 2.67. The minimum absolute atomic E-state index is 0.503. The van der Waals surface area contributed by atoms with E-state index in [1.54, 1.807) is 6.20 Å². The summed E-state index contributed by atoms with van der Waals surface area (Å²) in [6, 6.07) is 6.19. The molecule has 76 valence electrons. The van der Waals surface area contributed by atoms with Crippen LogP contribution >= 0.6 is 0 Å². The monoisotopic (exact) mass is 199 g/mol. The molecule has 0 bridgehead atoms. The third-order valence-corrected chi connectivity index (χ3v) is 2.65. The number of nitriles is 1. The topological polar surface area (TPSA) is 52.5 Å². The van der Waals surface area contributed by atoms with Gasteiger partial charge in [-0.3, -0.25) is 4.98 Å². The van der Waals surface area contributed by atoms with Gasteiger partial charge in [-0.05, 0) is 32.9 Å². The van der Waals surface area contributed by atoms with Crippen LogP contribution in [0.3, 0.4) is 0 Å². The van der Waals surface area contributed by atoms with E-state index in [0.29, 0.717) is 0 Å². The Bertz CT molecular complexity index is 543. The first-order valence-corrected chi connectivity index (χ1v) is 4.91. The molecule has 2 aromatic rings. The second-order valence-electron chi connectivity index (χ2n) is 4.26. The van der Waals surface area contributed by atoms with Crippen LogP contribution in [0, 0.1) is 18.3 Å². The zero-order valence-corrected chi connectivity index (χ0v) is 9.13. The molecular weight excluding hydrogens is 186 g/mol. The molecule has 0 saturated carbocycles. The number of aromatic amines is 1. The largest absolute Gasteiger partial charge is 0.357 e. The Morgan fingerprint density at radius 3 is 2.87 bits per heavy atom. The molecule has 0 aliphatic heterocycles. The number of rotatable bonds is 1. The van der Waals surface area contributed by atoms with Crippen molar-refractivity contribution in [2.45, 2.75) is 26.2 Å². The highest BCUT2D eigenvalue weighted by molar-refractivity contribution is 5.82. The molecule has 0 atom stereocenters. The van der Waals surface area contributed by atoms with E-state index in [4.69, 9.17) is 5.26 Å². The number of aromatic nitrogens is 2. The van der Waals surface area contributed by atoms with Crippen molar-refractivity contribution in [3.63, 3.8) is 0 Å². The smallest absolute Gasteiger partial charge is 0.0929 e. The van der Waals surface area contributed by atoms with Crippen LogP contribution in [0.25, 0.3) is 11.0 Å². The molecule has 0 spiro atoms. The first kappa shape index (κ1) is 9.72. The highest BCUT2D eigenvalue weighted by atomic mass is 14.8. The molecule has 2 aromatic heterocycles.